The summed E-state index contributed by atoms with van der Waals surface area (Å²) in [7, 11) is 0.496. The van der Waals surface area contributed by atoms with Crippen molar-refractivity contribution in [2.75, 3.05) is 6.61 Å². The molecule has 72 valence electrons. The van der Waals surface area contributed by atoms with Gasteiger partial charge in [-0.15, -0.1) is 0 Å². The van der Waals surface area contributed by atoms with E-state index in [4.69, 9.17) is 4.52 Å². The molecule has 1 atom stereocenters. The highest BCUT2D eigenvalue weighted by atomic mass is 31.1. The summed E-state index contributed by atoms with van der Waals surface area (Å²) in [5.41, 5.74) is 1.41. The molecule has 0 spiro atoms. The molecule has 0 fully saturated rings. The summed E-state index contributed by atoms with van der Waals surface area (Å²) in [5.74, 6) is 0.587. The maximum absolute atomic E-state index is 5.44. The Morgan fingerprint density at radius 2 is 2.00 bits per heavy atom. The highest BCUT2D eigenvalue weighted by Gasteiger charge is 2.04. The molecule has 1 rings (SSSR count). The first-order chi connectivity index (χ1) is 6.25. The lowest BCUT2D eigenvalue weighted by Crippen LogP contribution is -2.05. The summed E-state index contributed by atoms with van der Waals surface area (Å²) in [5, 5.41) is 1.35. The zero-order chi connectivity index (χ0) is 9.68. The molecule has 0 saturated heterocycles. The minimum absolute atomic E-state index is 0.496. The van der Waals surface area contributed by atoms with Gasteiger partial charge in [0.2, 0.25) is 0 Å². The Morgan fingerprint density at radius 3 is 2.62 bits per heavy atom. The lowest BCUT2D eigenvalue weighted by molar-refractivity contribution is 0.394. The van der Waals surface area contributed by atoms with Crippen LogP contribution >= 0.6 is 8.81 Å². The van der Waals surface area contributed by atoms with E-state index in [2.05, 4.69) is 38.1 Å². The minimum Gasteiger partial charge on any atom is -0.358 e. The maximum atomic E-state index is 5.44. The third-order valence-corrected chi connectivity index (χ3v) is 3.02. The Balaban J connectivity index is 2.78. The van der Waals surface area contributed by atoms with Crippen LogP contribution in [0.1, 0.15) is 32.3 Å². The lowest BCUT2D eigenvalue weighted by Gasteiger charge is -2.11. The van der Waals surface area contributed by atoms with E-state index in [1.54, 1.807) is 0 Å². The van der Waals surface area contributed by atoms with Crippen LogP contribution in [0.15, 0.2) is 24.3 Å². The van der Waals surface area contributed by atoms with Gasteiger partial charge in [-0.2, -0.15) is 0 Å². The van der Waals surface area contributed by atoms with Gasteiger partial charge >= 0.3 is 0 Å². The SMILES string of the molecule is CCOPc1ccccc1C(C)C. The predicted octanol–water partition coefficient (Wildman–Crippen LogP) is 3.07. The molecule has 0 saturated carbocycles. The second kappa shape index (κ2) is 5.36. The van der Waals surface area contributed by atoms with Crippen LogP contribution in [-0.2, 0) is 4.52 Å². The van der Waals surface area contributed by atoms with Gasteiger partial charge in [0.1, 0.15) is 0 Å². The van der Waals surface area contributed by atoms with Gasteiger partial charge in [-0.05, 0) is 18.4 Å². The molecular weight excluding hydrogens is 179 g/mol. The van der Waals surface area contributed by atoms with Crippen molar-refractivity contribution in [3.8, 4) is 0 Å². The van der Waals surface area contributed by atoms with Crippen molar-refractivity contribution in [3.63, 3.8) is 0 Å². The van der Waals surface area contributed by atoms with Gasteiger partial charge < -0.3 is 4.52 Å². The van der Waals surface area contributed by atoms with Crippen molar-refractivity contribution < 1.29 is 4.52 Å². The molecule has 2 heteroatoms. The van der Waals surface area contributed by atoms with Crippen molar-refractivity contribution in [1.29, 1.82) is 0 Å². The van der Waals surface area contributed by atoms with Crippen LogP contribution in [0.2, 0.25) is 0 Å². The molecule has 0 aliphatic carbocycles. The molecule has 1 aromatic rings. The van der Waals surface area contributed by atoms with Crippen molar-refractivity contribution >= 4 is 14.1 Å². The molecule has 0 aliphatic heterocycles. The van der Waals surface area contributed by atoms with Crippen LogP contribution in [0.3, 0.4) is 0 Å². The molecular formula is C11H17OP. The number of benzene rings is 1. The van der Waals surface area contributed by atoms with Crippen LogP contribution < -0.4 is 5.30 Å². The van der Waals surface area contributed by atoms with Crippen LogP contribution in [-0.4, -0.2) is 6.61 Å². The minimum atomic E-state index is 0.496. The molecule has 0 bridgehead atoms. The summed E-state index contributed by atoms with van der Waals surface area (Å²) >= 11 is 0. The summed E-state index contributed by atoms with van der Waals surface area (Å²) in [6, 6.07) is 8.51. The Hall–Kier alpha value is -0.390. The van der Waals surface area contributed by atoms with Gasteiger partial charge in [-0.3, -0.25) is 0 Å². The van der Waals surface area contributed by atoms with Crippen molar-refractivity contribution in [2.45, 2.75) is 26.7 Å². The normalized spacial score (nSPS) is 11.7. The third-order valence-electron chi connectivity index (χ3n) is 1.91. The Kier molecular flexibility index (Phi) is 4.41. The van der Waals surface area contributed by atoms with E-state index in [1.807, 2.05) is 6.92 Å². The van der Waals surface area contributed by atoms with Crippen molar-refractivity contribution in [3.05, 3.63) is 29.8 Å². The van der Waals surface area contributed by atoms with E-state index in [0.717, 1.165) is 6.61 Å². The highest BCUT2D eigenvalue weighted by Crippen LogP contribution is 2.20. The van der Waals surface area contributed by atoms with Crippen LogP contribution in [0, 0.1) is 0 Å². The number of hydrogen-bond acceptors (Lipinski definition) is 1. The number of hydrogen-bond donors (Lipinski definition) is 0. The quantitative estimate of drug-likeness (QED) is 0.672. The fourth-order valence-electron chi connectivity index (χ4n) is 1.24. The highest BCUT2D eigenvalue weighted by molar-refractivity contribution is 7.42. The third kappa shape index (κ3) is 3.10. The smallest absolute Gasteiger partial charge is 0.0481 e. The second-order valence-corrected chi connectivity index (χ2v) is 4.31. The summed E-state index contributed by atoms with van der Waals surface area (Å²) in [6.07, 6.45) is 0. The number of rotatable bonds is 4. The molecule has 13 heavy (non-hydrogen) atoms. The van der Waals surface area contributed by atoms with E-state index >= 15 is 0 Å². The molecule has 0 heterocycles. The first-order valence-corrected chi connectivity index (χ1v) is 5.63. The molecule has 0 radical (unpaired) electrons. The van der Waals surface area contributed by atoms with Gasteiger partial charge in [0.15, 0.2) is 0 Å². The molecule has 1 nitrogen and oxygen atoms in total. The van der Waals surface area contributed by atoms with E-state index in [0.29, 0.717) is 14.7 Å². The monoisotopic (exact) mass is 196 g/mol. The Bertz CT molecular complexity index is 258. The van der Waals surface area contributed by atoms with Crippen LogP contribution in [0.5, 0.6) is 0 Å². The summed E-state index contributed by atoms with van der Waals surface area (Å²) < 4.78 is 5.44. The Labute approximate surface area is 82.4 Å². The van der Waals surface area contributed by atoms with Crippen LogP contribution in [0.4, 0.5) is 0 Å². The molecule has 0 amide bonds. The topological polar surface area (TPSA) is 9.23 Å². The van der Waals surface area contributed by atoms with Crippen LogP contribution in [0.25, 0.3) is 0 Å². The standard InChI is InChI=1S/C11H17OP/c1-4-12-13-11-8-6-5-7-10(11)9(2)3/h5-9,13H,4H2,1-3H3. The zero-order valence-electron chi connectivity index (χ0n) is 8.50. The van der Waals surface area contributed by atoms with Gasteiger partial charge in [0.05, 0.1) is 0 Å². The van der Waals surface area contributed by atoms with Gasteiger partial charge in [0, 0.05) is 20.7 Å². The molecule has 0 aromatic heterocycles. The van der Waals surface area contributed by atoms with E-state index in [-0.39, 0.29) is 0 Å². The van der Waals surface area contributed by atoms with Gasteiger partial charge in [-0.25, -0.2) is 0 Å². The largest absolute Gasteiger partial charge is 0.358 e. The first-order valence-electron chi connectivity index (χ1n) is 4.72. The molecule has 1 aromatic carbocycles. The van der Waals surface area contributed by atoms with E-state index < -0.39 is 0 Å². The van der Waals surface area contributed by atoms with Gasteiger partial charge in [-0.1, -0.05) is 38.1 Å². The molecule has 0 N–H and O–H groups in total. The molecule has 1 unspecified atom stereocenters. The zero-order valence-corrected chi connectivity index (χ0v) is 9.50. The average molecular weight is 196 g/mol. The first kappa shape index (κ1) is 10.7. The van der Waals surface area contributed by atoms with E-state index in [1.165, 1.54) is 10.9 Å². The summed E-state index contributed by atoms with van der Waals surface area (Å²) in [4.78, 5) is 0. The molecule has 0 aliphatic rings. The summed E-state index contributed by atoms with van der Waals surface area (Å²) in [6.45, 7) is 7.26. The maximum Gasteiger partial charge on any atom is 0.0481 e. The fraction of sp³-hybridized carbons (Fsp3) is 0.455. The van der Waals surface area contributed by atoms with E-state index in [9.17, 15) is 0 Å². The fourth-order valence-corrected chi connectivity index (χ4v) is 2.20. The van der Waals surface area contributed by atoms with Crippen molar-refractivity contribution in [1.82, 2.24) is 0 Å². The Morgan fingerprint density at radius 1 is 1.31 bits per heavy atom. The lowest BCUT2D eigenvalue weighted by atomic mass is 10.0. The second-order valence-electron chi connectivity index (χ2n) is 3.28. The average Bonchev–Trinajstić information content (AvgIpc) is 2.15. The van der Waals surface area contributed by atoms with Crippen molar-refractivity contribution in [2.24, 2.45) is 0 Å². The van der Waals surface area contributed by atoms with Gasteiger partial charge in [0.25, 0.3) is 0 Å². The predicted molar refractivity (Wildman–Crippen MR) is 60.1 cm³/mol.